The van der Waals surface area contributed by atoms with Crippen LogP contribution in [0.15, 0.2) is 53.9 Å². The van der Waals surface area contributed by atoms with Crippen molar-refractivity contribution >= 4 is 40.4 Å². The molecule has 0 bridgehead atoms. The lowest BCUT2D eigenvalue weighted by atomic mass is 9.90. The summed E-state index contributed by atoms with van der Waals surface area (Å²) >= 11 is 7.67. The third-order valence-electron chi connectivity index (χ3n) is 7.22. The van der Waals surface area contributed by atoms with Crippen LogP contribution in [0.3, 0.4) is 0 Å². The molecular formula is C28H28ClN3O5S. The van der Waals surface area contributed by atoms with Gasteiger partial charge in [-0.25, -0.2) is 0 Å². The van der Waals surface area contributed by atoms with Gasteiger partial charge in [-0.15, -0.1) is 11.3 Å². The van der Waals surface area contributed by atoms with E-state index in [0.29, 0.717) is 13.2 Å². The molecule has 198 valence electrons. The second-order valence-electron chi connectivity index (χ2n) is 9.64. The van der Waals surface area contributed by atoms with Gasteiger partial charge in [0, 0.05) is 36.2 Å². The summed E-state index contributed by atoms with van der Waals surface area (Å²) in [6.45, 7) is 3.26. The molecule has 1 aromatic heterocycles. The Labute approximate surface area is 229 Å². The molecule has 8 nitrogen and oxygen atoms in total. The van der Waals surface area contributed by atoms with Crippen LogP contribution < -0.4 is 0 Å². The lowest BCUT2D eigenvalue weighted by molar-refractivity contribution is -0.384. The molecule has 10 heteroatoms. The number of nitrogens with zero attached hydrogens (tertiary/aromatic N) is 3. The number of ether oxygens (including phenoxy) is 1. The van der Waals surface area contributed by atoms with Crippen LogP contribution in [-0.4, -0.2) is 58.9 Å². The SMILES string of the molecule is Cc1ccccc1C1c2ccsc2CCN1C(=O)CN(CC1CCCO1)C(=O)c1ccc(Cl)c([N+](=O)[O-])c1. The number of carbonyl (C=O) groups is 2. The van der Waals surface area contributed by atoms with Crippen LogP contribution in [0, 0.1) is 17.0 Å². The van der Waals surface area contributed by atoms with Gasteiger partial charge in [-0.2, -0.15) is 0 Å². The zero-order valence-corrected chi connectivity index (χ0v) is 22.5. The number of fused-ring (bicyclic) bond motifs is 1. The van der Waals surface area contributed by atoms with E-state index in [4.69, 9.17) is 16.3 Å². The Bertz CT molecular complexity index is 1370. The van der Waals surface area contributed by atoms with Gasteiger partial charge in [-0.1, -0.05) is 35.9 Å². The molecule has 2 aliphatic rings. The Balaban J connectivity index is 1.45. The number of nitro groups is 1. The Kier molecular flexibility index (Phi) is 7.78. The van der Waals surface area contributed by atoms with Crippen molar-refractivity contribution in [2.24, 2.45) is 0 Å². The first kappa shape index (κ1) is 26.3. The molecule has 2 aromatic carbocycles. The number of nitro benzene ring substituents is 1. The normalized spacial score (nSPS) is 18.7. The van der Waals surface area contributed by atoms with E-state index in [9.17, 15) is 19.7 Å². The maximum absolute atomic E-state index is 13.9. The Morgan fingerprint density at radius 1 is 1.21 bits per heavy atom. The van der Waals surface area contributed by atoms with E-state index in [1.165, 1.54) is 28.0 Å². The number of amides is 2. The third kappa shape index (κ3) is 5.32. The molecule has 3 aromatic rings. The molecule has 2 atom stereocenters. The average molecular weight is 554 g/mol. The highest BCUT2D eigenvalue weighted by Crippen LogP contribution is 2.39. The number of benzene rings is 2. The van der Waals surface area contributed by atoms with Crippen molar-refractivity contribution in [1.29, 1.82) is 0 Å². The molecule has 38 heavy (non-hydrogen) atoms. The minimum atomic E-state index is -0.617. The molecule has 2 aliphatic heterocycles. The van der Waals surface area contributed by atoms with E-state index in [-0.39, 0.29) is 47.4 Å². The monoisotopic (exact) mass is 553 g/mol. The molecule has 0 aliphatic carbocycles. The number of hydrogen-bond acceptors (Lipinski definition) is 6. The summed E-state index contributed by atoms with van der Waals surface area (Å²) in [5, 5.41) is 13.4. The summed E-state index contributed by atoms with van der Waals surface area (Å²) in [7, 11) is 0. The summed E-state index contributed by atoms with van der Waals surface area (Å²) in [5.41, 5.74) is 3.04. The van der Waals surface area contributed by atoms with Gasteiger partial charge >= 0.3 is 0 Å². The van der Waals surface area contributed by atoms with E-state index in [0.717, 1.165) is 36.0 Å². The molecule has 0 saturated carbocycles. The van der Waals surface area contributed by atoms with Crippen LogP contribution in [0.2, 0.25) is 5.02 Å². The van der Waals surface area contributed by atoms with Gasteiger partial charge in [0.15, 0.2) is 0 Å². The van der Waals surface area contributed by atoms with Crippen LogP contribution >= 0.6 is 22.9 Å². The van der Waals surface area contributed by atoms with Gasteiger partial charge in [0.2, 0.25) is 5.91 Å². The van der Waals surface area contributed by atoms with Crippen molar-refractivity contribution < 1.29 is 19.2 Å². The van der Waals surface area contributed by atoms with Gasteiger partial charge in [0.25, 0.3) is 11.6 Å². The molecule has 0 radical (unpaired) electrons. The Hall–Kier alpha value is -3.27. The Morgan fingerprint density at radius 2 is 2.03 bits per heavy atom. The van der Waals surface area contributed by atoms with Gasteiger partial charge in [-0.3, -0.25) is 19.7 Å². The van der Waals surface area contributed by atoms with Crippen LogP contribution in [0.1, 0.15) is 50.8 Å². The predicted octanol–water partition coefficient (Wildman–Crippen LogP) is 5.41. The summed E-state index contributed by atoms with van der Waals surface area (Å²) < 4.78 is 5.77. The zero-order valence-electron chi connectivity index (χ0n) is 21.0. The van der Waals surface area contributed by atoms with E-state index >= 15 is 0 Å². The lowest BCUT2D eigenvalue weighted by Gasteiger charge is -2.38. The van der Waals surface area contributed by atoms with Crippen LogP contribution in [0.4, 0.5) is 5.69 Å². The van der Waals surface area contributed by atoms with Crippen LogP contribution in [0.5, 0.6) is 0 Å². The maximum Gasteiger partial charge on any atom is 0.288 e. The standard InChI is InChI=1S/C28H28ClN3O5S/c1-18-5-2-3-7-21(18)27-22-11-14-38-25(22)10-12-31(27)26(33)17-30(16-20-6-4-13-37-20)28(34)19-8-9-23(29)24(15-19)32(35)36/h2-3,5,7-9,11,14-15,20,27H,4,6,10,12-13,16-17H2,1H3. The number of thiophene rings is 1. The summed E-state index contributed by atoms with van der Waals surface area (Å²) in [5.74, 6) is -0.640. The van der Waals surface area contributed by atoms with E-state index in [1.807, 2.05) is 30.0 Å². The number of rotatable bonds is 7. The van der Waals surface area contributed by atoms with Crippen molar-refractivity contribution in [3.05, 3.63) is 96.2 Å². The van der Waals surface area contributed by atoms with Crippen LogP contribution in [0.25, 0.3) is 0 Å². The number of carbonyl (C=O) groups excluding carboxylic acids is 2. The van der Waals surface area contributed by atoms with Crippen molar-refractivity contribution in [2.75, 3.05) is 26.2 Å². The lowest BCUT2D eigenvalue weighted by Crippen LogP contribution is -2.48. The van der Waals surface area contributed by atoms with E-state index in [1.54, 1.807) is 11.3 Å². The van der Waals surface area contributed by atoms with Crippen molar-refractivity contribution in [3.8, 4) is 0 Å². The van der Waals surface area contributed by atoms with Gasteiger partial charge < -0.3 is 14.5 Å². The minimum absolute atomic E-state index is 0.0470. The number of hydrogen-bond donors (Lipinski definition) is 0. The van der Waals surface area contributed by atoms with Crippen molar-refractivity contribution in [2.45, 2.75) is 38.3 Å². The fourth-order valence-electron chi connectivity index (χ4n) is 5.29. The molecule has 0 N–H and O–H groups in total. The smallest absolute Gasteiger partial charge is 0.288 e. The second-order valence-corrected chi connectivity index (χ2v) is 11.0. The third-order valence-corrected chi connectivity index (χ3v) is 8.54. The van der Waals surface area contributed by atoms with Crippen LogP contribution in [-0.2, 0) is 16.0 Å². The number of halogens is 1. The quantitative estimate of drug-likeness (QED) is 0.288. The molecule has 1 saturated heterocycles. The summed E-state index contributed by atoms with van der Waals surface area (Å²) in [6, 6.07) is 13.9. The topological polar surface area (TPSA) is 93.0 Å². The first-order valence-corrected chi connectivity index (χ1v) is 13.9. The molecule has 2 unspecified atom stereocenters. The van der Waals surface area contributed by atoms with E-state index in [2.05, 4.69) is 17.5 Å². The first-order chi connectivity index (χ1) is 18.3. The highest BCUT2D eigenvalue weighted by molar-refractivity contribution is 7.10. The zero-order chi connectivity index (χ0) is 26.8. The predicted molar refractivity (Wildman–Crippen MR) is 146 cm³/mol. The van der Waals surface area contributed by atoms with Gasteiger partial charge in [0.1, 0.15) is 11.6 Å². The summed E-state index contributed by atoms with van der Waals surface area (Å²) in [6.07, 6.45) is 2.23. The first-order valence-electron chi connectivity index (χ1n) is 12.6. The molecular weight excluding hydrogens is 526 g/mol. The molecule has 1 fully saturated rings. The van der Waals surface area contributed by atoms with Gasteiger partial charge in [-0.05, 0) is 66.5 Å². The molecule has 2 amide bonds. The fourth-order valence-corrected chi connectivity index (χ4v) is 6.38. The summed E-state index contributed by atoms with van der Waals surface area (Å²) in [4.78, 5) is 43.0. The van der Waals surface area contributed by atoms with Crippen molar-refractivity contribution in [3.63, 3.8) is 0 Å². The minimum Gasteiger partial charge on any atom is -0.376 e. The Morgan fingerprint density at radius 3 is 2.76 bits per heavy atom. The number of aryl methyl sites for hydroxylation is 1. The van der Waals surface area contributed by atoms with Gasteiger partial charge in [0.05, 0.1) is 17.1 Å². The fraction of sp³-hybridized carbons (Fsp3) is 0.357. The molecule has 0 spiro atoms. The second kappa shape index (κ2) is 11.2. The van der Waals surface area contributed by atoms with Crippen molar-refractivity contribution in [1.82, 2.24) is 9.80 Å². The van der Waals surface area contributed by atoms with E-state index < -0.39 is 10.8 Å². The largest absolute Gasteiger partial charge is 0.376 e. The molecule has 5 rings (SSSR count). The molecule has 3 heterocycles. The highest BCUT2D eigenvalue weighted by Gasteiger charge is 2.35. The maximum atomic E-state index is 13.9. The average Bonchev–Trinajstić information content (AvgIpc) is 3.60. The highest BCUT2D eigenvalue weighted by atomic mass is 35.5.